The summed E-state index contributed by atoms with van der Waals surface area (Å²) in [7, 11) is 0. The van der Waals surface area contributed by atoms with Crippen LogP contribution in [0.3, 0.4) is 0 Å². The van der Waals surface area contributed by atoms with E-state index in [-0.39, 0.29) is 30.5 Å². The quantitative estimate of drug-likeness (QED) is 0.309. The number of carbonyl (C=O) groups excluding carboxylic acids is 3. The molecule has 0 aliphatic carbocycles. The number of carboxylic acids is 1. The summed E-state index contributed by atoms with van der Waals surface area (Å²) >= 11 is 0. The Kier molecular flexibility index (Phi) is 11.9. The van der Waals surface area contributed by atoms with Crippen LogP contribution in [-0.2, 0) is 23.9 Å². The minimum atomic E-state index is -1.32. The summed E-state index contributed by atoms with van der Waals surface area (Å²) in [4.78, 5) is 48.3. The lowest BCUT2D eigenvalue weighted by atomic mass is 9.82. The molecule has 0 heterocycles. The summed E-state index contributed by atoms with van der Waals surface area (Å²) in [5.41, 5.74) is 6.47. The van der Waals surface area contributed by atoms with E-state index in [1.807, 2.05) is 13.8 Å². The van der Waals surface area contributed by atoms with Gasteiger partial charge in [-0.05, 0) is 36.0 Å². The molecule has 1 aromatic carbocycles. The Morgan fingerprint density at radius 1 is 0.886 bits per heavy atom. The molecular weight excluding hydrogens is 454 g/mol. The highest BCUT2D eigenvalue weighted by Gasteiger charge is 2.33. The topological polar surface area (TPSA) is 142 Å². The molecule has 2 unspecified atom stereocenters. The van der Waals surface area contributed by atoms with Crippen LogP contribution in [0.15, 0.2) is 18.2 Å². The zero-order valence-corrected chi connectivity index (χ0v) is 21.7. The zero-order chi connectivity index (χ0) is 26.9. The van der Waals surface area contributed by atoms with Crippen molar-refractivity contribution in [2.45, 2.75) is 73.3 Å². The molecule has 0 radical (unpaired) electrons. The van der Waals surface area contributed by atoms with Gasteiger partial charge in [0.25, 0.3) is 0 Å². The van der Waals surface area contributed by atoms with Crippen molar-refractivity contribution in [2.24, 2.45) is 29.4 Å². The Hall–Kier alpha value is -2.94. The van der Waals surface area contributed by atoms with Crippen molar-refractivity contribution in [1.29, 1.82) is 0 Å². The number of ether oxygens (including phenoxy) is 3. The van der Waals surface area contributed by atoms with Crippen molar-refractivity contribution in [2.75, 3.05) is 6.61 Å². The van der Waals surface area contributed by atoms with Gasteiger partial charge < -0.3 is 25.1 Å². The van der Waals surface area contributed by atoms with Crippen LogP contribution in [-0.4, -0.2) is 41.6 Å². The second kappa shape index (κ2) is 13.8. The highest BCUT2D eigenvalue weighted by atomic mass is 16.6. The minimum Gasteiger partial charge on any atom is -0.480 e. The molecule has 3 atom stereocenters. The third-order valence-corrected chi connectivity index (χ3v) is 5.43. The van der Waals surface area contributed by atoms with E-state index >= 15 is 0 Å². The van der Waals surface area contributed by atoms with Gasteiger partial charge in [0.15, 0.2) is 11.5 Å². The highest BCUT2D eigenvalue weighted by molar-refractivity contribution is 5.78. The fourth-order valence-corrected chi connectivity index (χ4v) is 3.20. The summed E-state index contributed by atoms with van der Waals surface area (Å²) < 4.78 is 16.2. The van der Waals surface area contributed by atoms with Crippen molar-refractivity contribution in [3.8, 4) is 11.5 Å². The third kappa shape index (κ3) is 9.68. The molecular formula is C26H39NO8. The van der Waals surface area contributed by atoms with Crippen LogP contribution in [0, 0.1) is 23.7 Å². The van der Waals surface area contributed by atoms with Crippen LogP contribution in [0.4, 0.5) is 0 Å². The van der Waals surface area contributed by atoms with E-state index in [9.17, 15) is 24.3 Å². The zero-order valence-electron chi connectivity index (χ0n) is 21.7. The van der Waals surface area contributed by atoms with Gasteiger partial charge >= 0.3 is 23.9 Å². The number of carbonyl (C=O) groups is 4. The van der Waals surface area contributed by atoms with Gasteiger partial charge in [0, 0.05) is 12.3 Å². The molecule has 0 aliphatic rings. The first kappa shape index (κ1) is 30.1. The maximum absolute atomic E-state index is 12.3. The molecule has 9 nitrogen and oxygen atoms in total. The summed E-state index contributed by atoms with van der Waals surface area (Å²) in [5.74, 6) is -4.40. The second-order valence-electron chi connectivity index (χ2n) is 9.84. The van der Waals surface area contributed by atoms with Crippen molar-refractivity contribution >= 4 is 23.9 Å². The van der Waals surface area contributed by atoms with Gasteiger partial charge in [-0.25, -0.2) is 0 Å². The number of aliphatic carboxylic acids is 1. The number of rotatable bonds is 13. The standard InChI is InChI=1S/C26H39NO8/c1-14(2)8-11-21(28)33-13-17(7)22(23(27)24(29)30)18-9-10-19(34-25(31)15(3)4)20(12-18)35-26(32)16(5)6/h9-10,12,14-17,22-23H,8,11,13,27H2,1-7H3,(H,29,30)/t17?,22?,23-/m0/s1. The summed E-state index contributed by atoms with van der Waals surface area (Å²) in [6.45, 7) is 12.4. The van der Waals surface area contributed by atoms with Gasteiger partial charge in [0.2, 0.25) is 0 Å². The van der Waals surface area contributed by atoms with Crippen LogP contribution in [0.25, 0.3) is 0 Å². The predicted octanol–water partition coefficient (Wildman–Crippen LogP) is 3.92. The Balaban J connectivity index is 3.30. The molecule has 0 amide bonds. The van der Waals surface area contributed by atoms with Gasteiger partial charge in [-0.1, -0.05) is 54.5 Å². The van der Waals surface area contributed by atoms with Crippen LogP contribution in [0.1, 0.15) is 72.8 Å². The van der Waals surface area contributed by atoms with Gasteiger partial charge in [0.1, 0.15) is 6.04 Å². The van der Waals surface area contributed by atoms with Crippen molar-refractivity contribution in [1.82, 2.24) is 0 Å². The molecule has 0 aliphatic heterocycles. The van der Waals surface area contributed by atoms with Crippen LogP contribution >= 0.6 is 0 Å². The Bertz CT molecular complexity index is 893. The smallest absolute Gasteiger partial charge is 0.321 e. The monoisotopic (exact) mass is 493 g/mol. The van der Waals surface area contributed by atoms with E-state index in [4.69, 9.17) is 19.9 Å². The van der Waals surface area contributed by atoms with E-state index in [2.05, 4.69) is 0 Å². The fraction of sp³-hybridized carbons (Fsp3) is 0.615. The normalized spacial score (nSPS) is 13.9. The molecule has 196 valence electrons. The average molecular weight is 494 g/mol. The van der Waals surface area contributed by atoms with E-state index in [0.29, 0.717) is 17.9 Å². The number of hydrogen-bond donors (Lipinski definition) is 2. The maximum Gasteiger partial charge on any atom is 0.321 e. The van der Waals surface area contributed by atoms with Crippen LogP contribution < -0.4 is 15.2 Å². The number of benzene rings is 1. The molecule has 0 saturated heterocycles. The molecule has 1 aromatic rings. The van der Waals surface area contributed by atoms with Crippen LogP contribution in [0.5, 0.6) is 11.5 Å². The number of hydrogen-bond acceptors (Lipinski definition) is 8. The first-order valence-electron chi connectivity index (χ1n) is 12.0. The Labute approximate surface area is 207 Å². The number of esters is 3. The van der Waals surface area contributed by atoms with E-state index in [1.54, 1.807) is 40.7 Å². The van der Waals surface area contributed by atoms with E-state index in [1.165, 1.54) is 12.1 Å². The van der Waals surface area contributed by atoms with Crippen molar-refractivity contribution in [3.63, 3.8) is 0 Å². The van der Waals surface area contributed by atoms with E-state index in [0.717, 1.165) is 0 Å². The molecule has 0 aromatic heterocycles. The lowest BCUT2D eigenvalue weighted by molar-refractivity contribution is -0.146. The highest BCUT2D eigenvalue weighted by Crippen LogP contribution is 2.36. The van der Waals surface area contributed by atoms with Gasteiger partial charge in [-0.15, -0.1) is 0 Å². The first-order chi connectivity index (χ1) is 16.2. The molecule has 0 bridgehead atoms. The van der Waals surface area contributed by atoms with Crippen molar-refractivity contribution in [3.05, 3.63) is 23.8 Å². The van der Waals surface area contributed by atoms with Gasteiger partial charge in [-0.3, -0.25) is 19.2 Å². The third-order valence-electron chi connectivity index (χ3n) is 5.43. The molecule has 35 heavy (non-hydrogen) atoms. The summed E-state index contributed by atoms with van der Waals surface area (Å²) in [6, 6.07) is 3.15. The summed E-state index contributed by atoms with van der Waals surface area (Å²) in [5, 5.41) is 9.62. The Morgan fingerprint density at radius 2 is 1.43 bits per heavy atom. The largest absolute Gasteiger partial charge is 0.480 e. The Morgan fingerprint density at radius 3 is 1.91 bits per heavy atom. The minimum absolute atomic E-state index is 0.0149. The van der Waals surface area contributed by atoms with E-state index < -0.39 is 47.6 Å². The number of carboxylic acid groups (broad SMARTS) is 1. The molecule has 1 rings (SSSR count). The second-order valence-corrected chi connectivity index (χ2v) is 9.84. The molecule has 0 spiro atoms. The van der Waals surface area contributed by atoms with Crippen LogP contribution in [0.2, 0.25) is 0 Å². The maximum atomic E-state index is 12.3. The van der Waals surface area contributed by atoms with Gasteiger partial charge in [0.05, 0.1) is 18.4 Å². The fourth-order valence-electron chi connectivity index (χ4n) is 3.20. The van der Waals surface area contributed by atoms with Crippen molar-refractivity contribution < 1.29 is 38.5 Å². The molecule has 3 N–H and O–H groups in total. The molecule has 9 heteroatoms. The lowest BCUT2D eigenvalue weighted by Crippen LogP contribution is -2.40. The predicted molar refractivity (Wildman–Crippen MR) is 130 cm³/mol. The first-order valence-corrected chi connectivity index (χ1v) is 12.0. The number of nitrogens with two attached hydrogens (primary N) is 1. The summed E-state index contributed by atoms with van der Waals surface area (Å²) in [6.07, 6.45) is 0.956. The molecule has 0 saturated carbocycles. The lowest BCUT2D eigenvalue weighted by Gasteiger charge is -2.28. The average Bonchev–Trinajstić information content (AvgIpc) is 2.77. The van der Waals surface area contributed by atoms with Gasteiger partial charge in [-0.2, -0.15) is 0 Å². The SMILES string of the molecule is CC(C)CCC(=O)OCC(C)C(c1ccc(OC(=O)C(C)C)c(OC(=O)C(C)C)c1)[C@H](N)C(=O)O. The molecule has 0 fully saturated rings.